The molecular formula is C24H22FN9O. The molecule has 0 saturated heterocycles. The van der Waals surface area contributed by atoms with Crippen LogP contribution in [0.25, 0.3) is 22.7 Å². The first-order valence-electron chi connectivity index (χ1n) is 10.8. The monoisotopic (exact) mass is 471 g/mol. The number of allylic oxidation sites excluding steroid dienone is 3. The predicted octanol–water partition coefficient (Wildman–Crippen LogP) is 3.24. The number of pyridine rings is 1. The molecule has 35 heavy (non-hydrogen) atoms. The lowest BCUT2D eigenvalue weighted by Gasteiger charge is -2.19. The minimum absolute atomic E-state index is 0.241. The molecule has 5 rings (SSSR count). The van der Waals surface area contributed by atoms with Gasteiger partial charge in [0.25, 0.3) is 0 Å². The van der Waals surface area contributed by atoms with Gasteiger partial charge in [0.05, 0.1) is 22.8 Å². The largest absolute Gasteiger partial charge is 0.389 e. The summed E-state index contributed by atoms with van der Waals surface area (Å²) in [6, 6.07) is 10.1. The Morgan fingerprint density at radius 3 is 2.69 bits per heavy atom. The van der Waals surface area contributed by atoms with Crippen molar-refractivity contribution in [1.29, 1.82) is 5.26 Å². The zero-order valence-electron chi connectivity index (χ0n) is 19.2. The van der Waals surface area contributed by atoms with Gasteiger partial charge in [0.1, 0.15) is 29.9 Å². The standard InChI is InChI=1S/C24H22FN9O/c1-13-4-6-22(31-30-13)28-19-10-20-21(9-18(19)25)33(12-27-20)23-7-5-17(15(3)35)24(29-23)34-14(2)8-16(11-26)32-34/h4-10,12,15,28,30-31,35H,1-3H3/t15-/m0/s1. The van der Waals surface area contributed by atoms with Crippen LogP contribution in [0.5, 0.6) is 0 Å². The van der Waals surface area contributed by atoms with Crippen molar-refractivity contribution in [2.75, 3.05) is 5.32 Å². The number of aliphatic hydroxyl groups is 1. The number of rotatable bonds is 5. The maximum Gasteiger partial charge on any atom is 0.163 e. The third kappa shape index (κ3) is 4.07. The van der Waals surface area contributed by atoms with E-state index in [4.69, 9.17) is 4.98 Å². The van der Waals surface area contributed by atoms with Crippen LogP contribution in [-0.2, 0) is 0 Å². The predicted molar refractivity (Wildman–Crippen MR) is 128 cm³/mol. The van der Waals surface area contributed by atoms with Crippen molar-refractivity contribution >= 4 is 16.7 Å². The van der Waals surface area contributed by atoms with E-state index in [9.17, 15) is 10.4 Å². The second-order valence-electron chi connectivity index (χ2n) is 8.19. The van der Waals surface area contributed by atoms with Crippen molar-refractivity contribution in [1.82, 2.24) is 35.2 Å². The van der Waals surface area contributed by atoms with Crippen LogP contribution >= 0.6 is 0 Å². The van der Waals surface area contributed by atoms with E-state index in [2.05, 4.69) is 26.3 Å². The van der Waals surface area contributed by atoms with Gasteiger partial charge in [-0.1, -0.05) is 0 Å². The van der Waals surface area contributed by atoms with E-state index in [0.717, 1.165) is 5.70 Å². The Morgan fingerprint density at radius 1 is 1.17 bits per heavy atom. The highest BCUT2D eigenvalue weighted by molar-refractivity contribution is 5.81. The molecule has 0 aliphatic carbocycles. The second-order valence-corrected chi connectivity index (χ2v) is 8.19. The number of aryl methyl sites for hydroxylation is 1. The number of benzene rings is 1. The summed E-state index contributed by atoms with van der Waals surface area (Å²) in [6.45, 7) is 5.33. The Kier molecular flexibility index (Phi) is 5.43. The molecule has 4 aromatic rings. The average molecular weight is 472 g/mol. The van der Waals surface area contributed by atoms with Crippen LogP contribution in [-0.4, -0.2) is 29.4 Å². The van der Waals surface area contributed by atoms with Crippen LogP contribution in [0.2, 0.25) is 0 Å². The van der Waals surface area contributed by atoms with Crippen molar-refractivity contribution in [3.8, 4) is 17.7 Å². The number of hydrogen-bond donors (Lipinski definition) is 4. The fraction of sp³-hybridized carbons (Fsp3) is 0.167. The fourth-order valence-corrected chi connectivity index (χ4v) is 3.81. The lowest BCUT2D eigenvalue weighted by atomic mass is 10.1. The first-order chi connectivity index (χ1) is 16.8. The van der Waals surface area contributed by atoms with E-state index in [0.29, 0.717) is 39.7 Å². The molecule has 10 nitrogen and oxygen atoms in total. The lowest BCUT2D eigenvalue weighted by Crippen LogP contribution is -2.34. The number of aromatic nitrogens is 5. The van der Waals surface area contributed by atoms with Crippen molar-refractivity contribution < 1.29 is 9.50 Å². The number of nitrogens with one attached hydrogen (secondary N) is 3. The molecule has 0 amide bonds. The van der Waals surface area contributed by atoms with Gasteiger partial charge in [0.2, 0.25) is 0 Å². The molecule has 3 aromatic heterocycles. The van der Waals surface area contributed by atoms with E-state index in [-0.39, 0.29) is 11.4 Å². The normalized spacial score (nSPS) is 13.9. The topological polar surface area (TPSA) is 129 Å². The number of fused-ring (bicyclic) bond motifs is 1. The SMILES string of the molecule is CC1=CC=C(Nc2cc3ncn(-c4ccc([C@H](C)O)c(-n5nc(C#N)cc5C)n4)c3cc2F)NN1. The van der Waals surface area contributed by atoms with Crippen molar-refractivity contribution in [2.24, 2.45) is 0 Å². The maximum absolute atomic E-state index is 15.0. The van der Waals surface area contributed by atoms with E-state index < -0.39 is 11.9 Å². The molecule has 1 aromatic carbocycles. The van der Waals surface area contributed by atoms with Gasteiger partial charge in [-0.05, 0) is 57.2 Å². The zero-order chi connectivity index (χ0) is 24.7. The van der Waals surface area contributed by atoms with Crippen LogP contribution in [0.3, 0.4) is 0 Å². The summed E-state index contributed by atoms with van der Waals surface area (Å²) in [6.07, 6.45) is 4.41. The van der Waals surface area contributed by atoms with Crippen molar-refractivity contribution in [2.45, 2.75) is 26.9 Å². The number of imidazole rings is 1. The summed E-state index contributed by atoms with van der Waals surface area (Å²) < 4.78 is 18.2. The minimum Gasteiger partial charge on any atom is -0.389 e. The van der Waals surface area contributed by atoms with E-state index in [1.54, 1.807) is 55.1 Å². The number of hydrazine groups is 1. The molecule has 1 atom stereocenters. The summed E-state index contributed by atoms with van der Waals surface area (Å²) in [7, 11) is 0. The third-order valence-corrected chi connectivity index (χ3v) is 5.59. The molecule has 0 spiro atoms. The number of nitrogens with zero attached hydrogens (tertiary/aromatic N) is 6. The molecule has 0 radical (unpaired) electrons. The van der Waals surface area contributed by atoms with E-state index >= 15 is 4.39 Å². The highest BCUT2D eigenvalue weighted by atomic mass is 19.1. The molecular weight excluding hydrogens is 449 g/mol. The Labute approximate surface area is 200 Å². The number of nitriles is 1. The van der Waals surface area contributed by atoms with Gasteiger partial charge in [0, 0.05) is 23.0 Å². The molecule has 11 heteroatoms. The van der Waals surface area contributed by atoms with Crippen molar-refractivity contribution in [3.05, 3.63) is 83.1 Å². The number of hydrogen-bond acceptors (Lipinski definition) is 8. The highest BCUT2D eigenvalue weighted by Gasteiger charge is 2.18. The second kappa shape index (κ2) is 8.58. The molecule has 4 N–H and O–H groups in total. The summed E-state index contributed by atoms with van der Waals surface area (Å²) >= 11 is 0. The lowest BCUT2D eigenvalue weighted by molar-refractivity contribution is 0.198. The number of aliphatic hydroxyl groups excluding tert-OH is 1. The minimum atomic E-state index is -0.817. The van der Waals surface area contributed by atoms with Gasteiger partial charge in [0.15, 0.2) is 11.5 Å². The van der Waals surface area contributed by atoms with Gasteiger partial charge in [-0.25, -0.2) is 19.0 Å². The van der Waals surface area contributed by atoms with Gasteiger partial charge in [-0.2, -0.15) is 10.4 Å². The molecule has 0 bridgehead atoms. The van der Waals surface area contributed by atoms with Crippen LogP contribution < -0.4 is 16.2 Å². The molecule has 4 heterocycles. The summed E-state index contributed by atoms with van der Waals surface area (Å²) in [5.41, 5.74) is 9.67. The summed E-state index contributed by atoms with van der Waals surface area (Å²) in [5.74, 6) is 0.973. The Balaban J connectivity index is 1.57. The van der Waals surface area contributed by atoms with Crippen LogP contribution in [0.4, 0.5) is 10.1 Å². The zero-order valence-corrected chi connectivity index (χ0v) is 19.2. The quantitative estimate of drug-likeness (QED) is 0.349. The van der Waals surface area contributed by atoms with Crippen LogP contribution in [0, 0.1) is 24.1 Å². The summed E-state index contributed by atoms with van der Waals surface area (Å²) in [4.78, 5) is 9.13. The Hall–Kier alpha value is -4.69. The first-order valence-corrected chi connectivity index (χ1v) is 10.8. The van der Waals surface area contributed by atoms with Crippen LogP contribution in [0.1, 0.15) is 36.9 Å². The average Bonchev–Trinajstić information content (AvgIpc) is 3.43. The van der Waals surface area contributed by atoms with Crippen LogP contribution in [0.15, 0.2) is 60.3 Å². The van der Waals surface area contributed by atoms with E-state index in [1.807, 2.05) is 19.1 Å². The Morgan fingerprint density at radius 2 is 2.00 bits per heavy atom. The van der Waals surface area contributed by atoms with Gasteiger partial charge in [-0.3, -0.25) is 9.99 Å². The summed E-state index contributed by atoms with van der Waals surface area (Å²) in [5, 5.41) is 26.8. The first kappa shape index (κ1) is 22.1. The molecule has 0 saturated carbocycles. The highest BCUT2D eigenvalue weighted by Crippen LogP contribution is 2.27. The molecule has 1 aliphatic rings. The number of halogens is 1. The molecule has 0 unspecified atom stereocenters. The fourth-order valence-electron chi connectivity index (χ4n) is 3.81. The van der Waals surface area contributed by atoms with Gasteiger partial charge >= 0.3 is 0 Å². The van der Waals surface area contributed by atoms with Crippen molar-refractivity contribution in [3.63, 3.8) is 0 Å². The molecule has 0 fully saturated rings. The third-order valence-electron chi connectivity index (χ3n) is 5.59. The smallest absolute Gasteiger partial charge is 0.163 e. The maximum atomic E-state index is 15.0. The number of anilines is 1. The molecule has 1 aliphatic heterocycles. The van der Waals surface area contributed by atoms with E-state index in [1.165, 1.54) is 10.7 Å². The van der Waals surface area contributed by atoms with Gasteiger partial charge < -0.3 is 15.8 Å². The van der Waals surface area contributed by atoms with Gasteiger partial charge in [-0.15, -0.1) is 0 Å². The Bertz CT molecular complexity index is 1560. The molecule has 176 valence electrons.